The molecule has 0 saturated heterocycles. The fourth-order valence-electron chi connectivity index (χ4n) is 0.812. The first-order valence-corrected chi connectivity index (χ1v) is 5.69. The maximum atomic E-state index is 11.0. The molecule has 0 rings (SSSR count). The fraction of sp³-hybridized carbons (Fsp3) is 0.909. The molecular weight excluding hydrogens is 192 g/mol. The molecule has 0 aliphatic rings. The van der Waals surface area contributed by atoms with Crippen LogP contribution in [-0.4, -0.2) is 38.8 Å². The quantitative estimate of drug-likeness (QED) is 0.631. The number of hydrogen-bond acceptors (Lipinski definition) is 3. The van der Waals surface area contributed by atoms with Gasteiger partial charge >= 0.3 is 0 Å². The molecule has 0 aromatic carbocycles. The minimum absolute atomic E-state index is 0.0710. The van der Waals surface area contributed by atoms with Crippen molar-refractivity contribution in [2.45, 2.75) is 40.2 Å². The van der Waals surface area contributed by atoms with Gasteiger partial charge < -0.3 is 15.4 Å². The second-order valence-corrected chi connectivity index (χ2v) is 3.12. The number of carbonyl (C=O) groups is 1. The van der Waals surface area contributed by atoms with E-state index in [-0.39, 0.29) is 12.0 Å². The SMILES string of the molecule is CC.CNCCC(=O)NCCOC(C)C. The van der Waals surface area contributed by atoms with Gasteiger partial charge in [-0.3, -0.25) is 4.79 Å². The van der Waals surface area contributed by atoms with E-state index >= 15 is 0 Å². The molecule has 0 bridgehead atoms. The van der Waals surface area contributed by atoms with Gasteiger partial charge in [0.25, 0.3) is 0 Å². The zero-order valence-electron chi connectivity index (χ0n) is 10.7. The van der Waals surface area contributed by atoms with Gasteiger partial charge in [-0.25, -0.2) is 0 Å². The molecule has 0 unspecified atom stereocenters. The van der Waals surface area contributed by atoms with E-state index in [0.717, 1.165) is 6.54 Å². The van der Waals surface area contributed by atoms with Crippen molar-refractivity contribution in [3.63, 3.8) is 0 Å². The molecule has 15 heavy (non-hydrogen) atoms. The van der Waals surface area contributed by atoms with Gasteiger partial charge in [0.1, 0.15) is 0 Å². The van der Waals surface area contributed by atoms with Crippen LogP contribution in [0.25, 0.3) is 0 Å². The average Bonchev–Trinajstić information content (AvgIpc) is 2.24. The maximum absolute atomic E-state index is 11.0. The molecule has 4 heteroatoms. The third-order valence-electron chi connectivity index (χ3n) is 1.48. The highest BCUT2D eigenvalue weighted by molar-refractivity contribution is 5.75. The maximum Gasteiger partial charge on any atom is 0.221 e. The Kier molecular flexibility index (Phi) is 15.0. The van der Waals surface area contributed by atoms with Crippen LogP contribution in [0.5, 0.6) is 0 Å². The Balaban J connectivity index is 0. The van der Waals surface area contributed by atoms with E-state index in [2.05, 4.69) is 10.6 Å². The number of carbonyl (C=O) groups excluding carboxylic acids is 1. The summed E-state index contributed by atoms with van der Waals surface area (Å²) >= 11 is 0. The number of hydrogen-bond donors (Lipinski definition) is 2. The van der Waals surface area contributed by atoms with Crippen LogP contribution in [0.1, 0.15) is 34.1 Å². The van der Waals surface area contributed by atoms with Crippen molar-refractivity contribution in [2.24, 2.45) is 0 Å². The molecule has 0 heterocycles. The summed E-state index contributed by atoms with van der Waals surface area (Å²) < 4.78 is 5.27. The van der Waals surface area contributed by atoms with Gasteiger partial charge in [0.05, 0.1) is 12.7 Å². The molecule has 2 N–H and O–H groups in total. The Bertz CT molecular complexity index is 139. The number of amides is 1. The molecule has 4 nitrogen and oxygen atoms in total. The van der Waals surface area contributed by atoms with E-state index in [1.165, 1.54) is 0 Å². The highest BCUT2D eigenvalue weighted by Crippen LogP contribution is 1.85. The molecule has 92 valence electrons. The van der Waals surface area contributed by atoms with E-state index < -0.39 is 0 Å². The van der Waals surface area contributed by atoms with Crippen LogP contribution in [-0.2, 0) is 9.53 Å². The number of rotatable bonds is 7. The van der Waals surface area contributed by atoms with Gasteiger partial charge in [-0.1, -0.05) is 13.8 Å². The normalized spacial score (nSPS) is 9.47. The molecule has 0 aromatic heterocycles. The van der Waals surface area contributed by atoms with Crippen LogP contribution in [0.15, 0.2) is 0 Å². The molecule has 0 fully saturated rings. The van der Waals surface area contributed by atoms with E-state index in [1.54, 1.807) is 0 Å². The zero-order valence-corrected chi connectivity index (χ0v) is 10.7. The van der Waals surface area contributed by atoms with Crippen molar-refractivity contribution >= 4 is 5.91 Å². The second kappa shape index (κ2) is 13.4. The van der Waals surface area contributed by atoms with Crippen LogP contribution in [0.2, 0.25) is 0 Å². The van der Waals surface area contributed by atoms with Crippen LogP contribution >= 0.6 is 0 Å². The lowest BCUT2D eigenvalue weighted by Gasteiger charge is -2.08. The van der Waals surface area contributed by atoms with Crippen molar-refractivity contribution in [1.82, 2.24) is 10.6 Å². The molecule has 0 aliphatic carbocycles. The largest absolute Gasteiger partial charge is 0.377 e. The van der Waals surface area contributed by atoms with E-state index in [4.69, 9.17) is 4.74 Å². The highest BCUT2D eigenvalue weighted by Gasteiger charge is 1.99. The third kappa shape index (κ3) is 16.1. The van der Waals surface area contributed by atoms with Gasteiger partial charge in [0.2, 0.25) is 5.91 Å². The lowest BCUT2D eigenvalue weighted by Crippen LogP contribution is -2.30. The van der Waals surface area contributed by atoms with E-state index in [1.807, 2.05) is 34.7 Å². The molecule has 1 amide bonds. The topological polar surface area (TPSA) is 50.4 Å². The van der Waals surface area contributed by atoms with Crippen molar-refractivity contribution in [2.75, 3.05) is 26.7 Å². The van der Waals surface area contributed by atoms with Gasteiger partial charge in [0, 0.05) is 19.5 Å². The Labute approximate surface area is 93.8 Å². The first-order chi connectivity index (χ1) is 7.16. The lowest BCUT2D eigenvalue weighted by atomic mass is 10.4. The molecule has 0 spiro atoms. The monoisotopic (exact) mass is 218 g/mol. The lowest BCUT2D eigenvalue weighted by molar-refractivity contribution is -0.121. The van der Waals surface area contributed by atoms with Crippen molar-refractivity contribution in [3.05, 3.63) is 0 Å². The van der Waals surface area contributed by atoms with Crippen molar-refractivity contribution in [1.29, 1.82) is 0 Å². The van der Waals surface area contributed by atoms with E-state index in [0.29, 0.717) is 19.6 Å². The summed E-state index contributed by atoms with van der Waals surface area (Å²) in [5, 5.41) is 5.68. The minimum Gasteiger partial charge on any atom is -0.377 e. The zero-order chi connectivity index (χ0) is 12.1. The number of ether oxygens (including phenoxy) is 1. The fourth-order valence-corrected chi connectivity index (χ4v) is 0.812. The molecule has 0 aliphatic heterocycles. The van der Waals surface area contributed by atoms with Gasteiger partial charge in [-0.15, -0.1) is 0 Å². The summed E-state index contributed by atoms with van der Waals surface area (Å²) in [6, 6.07) is 0. The van der Waals surface area contributed by atoms with Gasteiger partial charge in [-0.05, 0) is 20.9 Å². The first-order valence-electron chi connectivity index (χ1n) is 5.69. The Morgan fingerprint density at radius 2 is 1.87 bits per heavy atom. The van der Waals surface area contributed by atoms with Crippen molar-refractivity contribution < 1.29 is 9.53 Å². The van der Waals surface area contributed by atoms with E-state index in [9.17, 15) is 4.79 Å². The molecule has 0 saturated carbocycles. The highest BCUT2D eigenvalue weighted by atomic mass is 16.5. The Morgan fingerprint density at radius 1 is 1.27 bits per heavy atom. The Hall–Kier alpha value is -0.610. The summed E-state index contributed by atoms with van der Waals surface area (Å²) in [6.07, 6.45) is 0.757. The van der Waals surface area contributed by atoms with Crippen LogP contribution in [0.3, 0.4) is 0 Å². The summed E-state index contributed by atoms with van der Waals surface area (Å²) in [6.45, 7) is 9.85. The minimum atomic E-state index is 0.0710. The molecular formula is C11H26N2O2. The first kappa shape index (κ1) is 16.8. The van der Waals surface area contributed by atoms with Gasteiger partial charge in [-0.2, -0.15) is 0 Å². The van der Waals surface area contributed by atoms with Gasteiger partial charge in [0.15, 0.2) is 0 Å². The predicted molar refractivity (Wildman–Crippen MR) is 64.0 cm³/mol. The molecule has 0 aromatic rings. The smallest absolute Gasteiger partial charge is 0.221 e. The molecule has 0 atom stereocenters. The van der Waals surface area contributed by atoms with Crippen LogP contribution < -0.4 is 10.6 Å². The third-order valence-corrected chi connectivity index (χ3v) is 1.48. The Morgan fingerprint density at radius 3 is 2.33 bits per heavy atom. The average molecular weight is 218 g/mol. The van der Waals surface area contributed by atoms with Crippen molar-refractivity contribution in [3.8, 4) is 0 Å². The van der Waals surface area contributed by atoms with Crippen LogP contribution in [0, 0.1) is 0 Å². The number of nitrogens with one attached hydrogen (secondary N) is 2. The summed E-state index contributed by atoms with van der Waals surface area (Å²) in [7, 11) is 1.83. The second-order valence-electron chi connectivity index (χ2n) is 3.12. The predicted octanol–water partition coefficient (Wildman–Crippen LogP) is 1.16. The standard InChI is InChI=1S/C9H20N2O2.C2H6/c1-8(2)13-7-6-11-9(12)4-5-10-3;1-2/h8,10H,4-7H2,1-3H3,(H,11,12);1-2H3. The summed E-state index contributed by atoms with van der Waals surface area (Å²) in [5.74, 6) is 0.0710. The summed E-state index contributed by atoms with van der Waals surface area (Å²) in [4.78, 5) is 11.0. The summed E-state index contributed by atoms with van der Waals surface area (Å²) in [5.41, 5.74) is 0. The molecule has 0 radical (unpaired) electrons. The van der Waals surface area contributed by atoms with Crippen LogP contribution in [0.4, 0.5) is 0 Å².